The first-order valence-corrected chi connectivity index (χ1v) is 8.74. The van der Waals surface area contributed by atoms with Crippen LogP contribution in [0.3, 0.4) is 0 Å². The Morgan fingerprint density at radius 2 is 2.19 bits per heavy atom. The Labute approximate surface area is 127 Å². The minimum absolute atomic E-state index is 0.0142. The zero-order chi connectivity index (χ0) is 15.0. The number of aryl methyl sites for hydroxylation is 2. The number of ether oxygens (including phenoxy) is 1. The van der Waals surface area contributed by atoms with E-state index in [0.717, 1.165) is 29.8 Å². The number of nitrogen functional groups attached to an aromatic ring is 1. The van der Waals surface area contributed by atoms with Crippen LogP contribution in [0.25, 0.3) is 0 Å². The quantitative estimate of drug-likeness (QED) is 0.839. The van der Waals surface area contributed by atoms with Gasteiger partial charge >= 0.3 is 0 Å². The van der Waals surface area contributed by atoms with Crippen LogP contribution in [0.15, 0.2) is 23.1 Å². The van der Waals surface area contributed by atoms with E-state index in [1.807, 2.05) is 0 Å². The van der Waals surface area contributed by atoms with E-state index in [4.69, 9.17) is 10.5 Å². The summed E-state index contributed by atoms with van der Waals surface area (Å²) >= 11 is 1.39. The first-order valence-electron chi connectivity index (χ1n) is 6.44. The molecule has 112 valence electrons. The third kappa shape index (κ3) is 2.68. The molecule has 2 aromatic rings. The van der Waals surface area contributed by atoms with Gasteiger partial charge in [-0.2, -0.15) is 0 Å². The summed E-state index contributed by atoms with van der Waals surface area (Å²) in [5.74, 6) is 0.251. The van der Waals surface area contributed by atoms with Crippen LogP contribution >= 0.6 is 11.3 Å². The van der Waals surface area contributed by atoms with E-state index in [9.17, 15) is 8.42 Å². The number of anilines is 2. The third-order valence-electron chi connectivity index (χ3n) is 3.29. The number of rotatable bonds is 4. The highest BCUT2D eigenvalue weighted by Gasteiger charge is 2.23. The fraction of sp³-hybridized carbons (Fsp3) is 0.308. The molecule has 0 amide bonds. The van der Waals surface area contributed by atoms with Crippen LogP contribution in [0, 0.1) is 0 Å². The number of hydrogen-bond donors (Lipinski definition) is 2. The highest BCUT2D eigenvalue weighted by Crippen LogP contribution is 2.33. The summed E-state index contributed by atoms with van der Waals surface area (Å²) in [4.78, 5) is 5.51. The average Bonchev–Trinajstić information content (AvgIpc) is 2.99. The average molecular weight is 325 g/mol. The van der Waals surface area contributed by atoms with Crippen molar-refractivity contribution in [3.63, 3.8) is 0 Å². The maximum Gasteiger partial charge on any atom is 0.267 e. The summed E-state index contributed by atoms with van der Waals surface area (Å²) in [6.07, 6.45) is 2.97. The zero-order valence-corrected chi connectivity index (χ0v) is 13.1. The van der Waals surface area contributed by atoms with Crippen LogP contribution in [-0.2, 0) is 22.9 Å². The minimum Gasteiger partial charge on any atom is -0.495 e. The van der Waals surface area contributed by atoms with Gasteiger partial charge in [0.2, 0.25) is 0 Å². The van der Waals surface area contributed by atoms with Crippen LogP contribution in [0.5, 0.6) is 5.75 Å². The molecular formula is C13H15N3O3S2. The van der Waals surface area contributed by atoms with Gasteiger partial charge in [-0.25, -0.2) is 13.4 Å². The number of nitrogens with zero attached hydrogens (tertiary/aromatic N) is 1. The number of aromatic nitrogens is 1. The molecule has 0 radical (unpaired) electrons. The van der Waals surface area contributed by atoms with Gasteiger partial charge in [0.15, 0.2) is 5.13 Å². The van der Waals surface area contributed by atoms with E-state index in [0.29, 0.717) is 10.8 Å². The maximum atomic E-state index is 12.5. The Morgan fingerprint density at radius 3 is 2.90 bits per heavy atom. The second-order valence-electron chi connectivity index (χ2n) is 4.76. The Kier molecular flexibility index (Phi) is 3.50. The second-order valence-corrected chi connectivity index (χ2v) is 7.49. The standard InChI is InChI=1S/C13H15N3O3S2/c1-19-10-6-5-8(14)7-12(10)21(17,18)16-13-15-9-3-2-4-11(9)20-13/h5-7H,2-4,14H2,1H3,(H,15,16). The van der Waals surface area contributed by atoms with E-state index < -0.39 is 10.0 Å². The van der Waals surface area contributed by atoms with Crippen molar-refractivity contribution in [2.75, 3.05) is 17.6 Å². The molecule has 1 aliphatic rings. The monoisotopic (exact) mass is 325 g/mol. The molecule has 0 atom stereocenters. The zero-order valence-electron chi connectivity index (χ0n) is 11.4. The van der Waals surface area contributed by atoms with E-state index in [-0.39, 0.29) is 10.6 Å². The van der Waals surface area contributed by atoms with Crippen molar-refractivity contribution in [3.05, 3.63) is 28.8 Å². The van der Waals surface area contributed by atoms with Gasteiger partial charge in [-0.05, 0) is 37.5 Å². The number of nitrogens with one attached hydrogen (secondary N) is 1. The first-order chi connectivity index (χ1) is 9.99. The molecule has 0 saturated heterocycles. The Bertz CT molecular complexity index is 762. The normalized spacial score (nSPS) is 14.0. The van der Waals surface area contributed by atoms with Crippen molar-refractivity contribution in [1.29, 1.82) is 0 Å². The van der Waals surface area contributed by atoms with Crippen molar-refractivity contribution in [2.24, 2.45) is 0 Å². The molecule has 3 N–H and O–H groups in total. The minimum atomic E-state index is -3.77. The van der Waals surface area contributed by atoms with E-state index >= 15 is 0 Å². The molecule has 21 heavy (non-hydrogen) atoms. The number of benzene rings is 1. The summed E-state index contributed by atoms with van der Waals surface area (Å²) in [7, 11) is -2.35. The van der Waals surface area contributed by atoms with Gasteiger partial charge in [-0.1, -0.05) is 0 Å². The number of sulfonamides is 1. The van der Waals surface area contributed by atoms with Crippen molar-refractivity contribution in [2.45, 2.75) is 24.2 Å². The third-order valence-corrected chi connectivity index (χ3v) is 5.86. The smallest absolute Gasteiger partial charge is 0.267 e. The van der Waals surface area contributed by atoms with Gasteiger partial charge in [-0.15, -0.1) is 11.3 Å². The fourth-order valence-corrected chi connectivity index (χ4v) is 4.80. The fourth-order valence-electron chi connectivity index (χ4n) is 2.31. The van der Waals surface area contributed by atoms with Gasteiger partial charge in [0.05, 0.1) is 12.8 Å². The molecule has 1 heterocycles. The van der Waals surface area contributed by atoms with Crippen molar-refractivity contribution in [3.8, 4) is 5.75 Å². The highest BCUT2D eigenvalue weighted by atomic mass is 32.2. The largest absolute Gasteiger partial charge is 0.495 e. The van der Waals surface area contributed by atoms with E-state index in [2.05, 4.69) is 9.71 Å². The summed E-state index contributed by atoms with van der Waals surface area (Å²) < 4.78 is 32.6. The predicted molar refractivity (Wildman–Crippen MR) is 82.4 cm³/mol. The summed E-state index contributed by atoms with van der Waals surface area (Å²) in [6.45, 7) is 0. The van der Waals surface area contributed by atoms with Gasteiger partial charge in [0, 0.05) is 10.6 Å². The molecule has 3 rings (SSSR count). The number of hydrogen-bond acceptors (Lipinski definition) is 6. The number of nitrogens with two attached hydrogens (primary N) is 1. The Balaban J connectivity index is 1.94. The number of thiazole rings is 1. The lowest BCUT2D eigenvalue weighted by molar-refractivity contribution is 0.403. The van der Waals surface area contributed by atoms with Crippen LogP contribution in [-0.4, -0.2) is 20.5 Å². The number of fused-ring (bicyclic) bond motifs is 1. The first kappa shape index (κ1) is 14.2. The molecule has 0 saturated carbocycles. The lowest BCUT2D eigenvalue weighted by atomic mass is 10.3. The molecular weight excluding hydrogens is 310 g/mol. The Morgan fingerprint density at radius 1 is 1.38 bits per heavy atom. The van der Waals surface area contributed by atoms with Crippen LogP contribution in [0.4, 0.5) is 10.8 Å². The van der Waals surface area contributed by atoms with Crippen LogP contribution < -0.4 is 15.2 Å². The molecule has 1 aromatic carbocycles. The van der Waals surface area contributed by atoms with Gasteiger partial charge in [0.25, 0.3) is 10.0 Å². The van der Waals surface area contributed by atoms with Crippen molar-refractivity contribution < 1.29 is 13.2 Å². The van der Waals surface area contributed by atoms with Gasteiger partial charge < -0.3 is 10.5 Å². The maximum absolute atomic E-state index is 12.5. The molecule has 0 bridgehead atoms. The second kappa shape index (κ2) is 5.19. The van der Waals surface area contributed by atoms with Crippen LogP contribution in [0.1, 0.15) is 17.0 Å². The topological polar surface area (TPSA) is 94.3 Å². The van der Waals surface area contributed by atoms with Crippen molar-refractivity contribution >= 4 is 32.2 Å². The molecule has 8 heteroatoms. The highest BCUT2D eigenvalue weighted by molar-refractivity contribution is 7.93. The SMILES string of the molecule is COc1ccc(N)cc1S(=O)(=O)Nc1nc2c(s1)CCC2. The van der Waals surface area contributed by atoms with Crippen LogP contribution in [0.2, 0.25) is 0 Å². The molecule has 1 aliphatic carbocycles. The summed E-state index contributed by atoms with van der Waals surface area (Å²) in [5.41, 5.74) is 7.03. The van der Waals surface area contributed by atoms with E-state index in [1.165, 1.54) is 30.6 Å². The number of methoxy groups -OCH3 is 1. The van der Waals surface area contributed by atoms with Crippen molar-refractivity contribution in [1.82, 2.24) is 4.98 Å². The Hall–Kier alpha value is -1.80. The lowest BCUT2D eigenvalue weighted by Crippen LogP contribution is -2.14. The molecule has 6 nitrogen and oxygen atoms in total. The molecule has 0 unspecified atom stereocenters. The van der Waals surface area contributed by atoms with Gasteiger partial charge in [0.1, 0.15) is 10.6 Å². The van der Waals surface area contributed by atoms with Gasteiger partial charge in [-0.3, -0.25) is 4.72 Å². The molecule has 0 fully saturated rings. The predicted octanol–water partition coefficient (Wildman–Crippen LogP) is 2.02. The molecule has 1 aromatic heterocycles. The summed E-state index contributed by atoms with van der Waals surface area (Å²) in [5, 5.41) is 0.393. The summed E-state index contributed by atoms with van der Waals surface area (Å²) in [6, 6.07) is 4.50. The molecule has 0 spiro atoms. The van der Waals surface area contributed by atoms with E-state index in [1.54, 1.807) is 6.07 Å². The lowest BCUT2D eigenvalue weighted by Gasteiger charge is -2.10. The molecule has 0 aliphatic heterocycles.